The Kier molecular flexibility index (Phi) is 13.2. The zero-order valence-electron chi connectivity index (χ0n) is 34.6. The van der Waals surface area contributed by atoms with Gasteiger partial charge in [0.15, 0.2) is 0 Å². The molecule has 2 aliphatic rings. The average Bonchev–Trinajstić information content (AvgIpc) is 3.77. The van der Waals surface area contributed by atoms with Crippen molar-refractivity contribution in [2.45, 2.75) is 30.3 Å². The summed E-state index contributed by atoms with van der Waals surface area (Å²) < 4.78 is 41.8. The summed E-state index contributed by atoms with van der Waals surface area (Å²) in [5.74, 6) is 0.301. The molecule has 0 aliphatic carbocycles. The summed E-state index contributed by atoms with van der Waals surface area (Å²) in [7, 11) is -2.55. The highest BCUT2D eigenvalue weighted by atomic mass is 35.5. The number of hydrogen-bond acceptors (Lipinski definition) is 12. The number of ether oxygens (including phenoxy) is 2. The minimum atomic E-state index is -4.57. The molecule has 0 bridgehead atoms. The molecule has 5 aromatic carbocycles. The number of piperazine rings is 1. The van der Waals surface area contributed by atoms with Gasteiger partial charge in [-0.05, 0) is 116 Å². The third kappa shape index (κ3) is 10.2. The van der Waals surface area contributed by atoms with Gasteiger partial charge >= 0.3 is 0 Å². The lowest BCUT2D eigenvalue weighted by molar-refractivity contribution is -0.384. The van der Waals surface area contributed by atoms with Crippen molar-refractivity contribution in [1.82, 2.24) is 19.5 Å². The fourth-order valence-corrected chi connectivity index (χ4v) is 9.19. The molecule has 0 unspecified atom stereocenters. The number of H-pyrrole nitrogens is 1. The molecule has 2 saturated heterocycles. The van der Waals surface area contributed by atoms with Crippen LogP contribution in [0.15, 0.2) is 114 Å². The van der Waals surface area contributed by atoms with Gasteiger partial charge in [0.2, 0.25) is 0 Å². The smallest absolute Gasteiger partial charge is 0.293 e. The minimum absolute atomic E-state index is 0.0000388. The zero-order valence-corrected chi connectivity index (χ0v) is 36.2. The number of aromatic nitrogens is 1. The predicted octanol–water partition coefficient (Wildman–Crippen LogP) is 7.51. The second-order valence-electron chi connectivity index (χ2n) is 15.7. The van der Waals surface area contributed by atoms with Crippen LogP contribution < -0.4 is 24.4 Å². The van der Waals surface area contributed by atoms with Gasteiger partial charge in [0.05, 0.1) is 22.0 Å². The molecule has 4 N–H and O–H groups in total. The number of fused-ring (bicyclic) bond motifs is 1. The number of sulfonamides is 1. The van der Waals surface area contributed by atoms with Crippen molar-refractivity contribution < 1.29 is 32.7 Å². The molecule has 2 aliphatic heterocycles. The van der Waals surface area contributed by atoms with Crippen molar-refractivity contribution >= 4 is 55.5 Å². The number of nitro groups is 1. The van der Waals surface area contributed by atoms with Crippen LogP contribution in [0.1, 0.15) is 28.8 Å². The molecule has 0 radical (unpaired) electrons. The molecule has 1 aromatic heterocycles. The van der Waals surface area contributed by atoms with Crippen LogP contribution in [0.4, 0.5) is 17.1 Å². The van der Waals surface area contributed by atoms with Gasteiger partial charge in [-0.25, -0.2) is 13.1 Å². The molecule has 6 aromatic rings. The Bertz CT molecular complexity index is 2720. The van der Waals surface area contributed by atoms with Gasteiger partial charge in [-0.15, -0.1) is 0 Å². The number of nitrogens with one attached hydrogen (secondary N) is 3. The van der Waals surface area contributed by atoms with Crippen LogP contribution in [0, 0.1) is 10.1 Å². The van der Waals surface area contributed by atoms with Crippen LogP contribution >= 0.6 is 11.6 Å². The molecule has 0 spiro atoms. The Labute approximate surface area is 370 Å². The van der Waals surface area contributed by atoms with E-state index < -0.39 is 31.4 Å². The van der Waals surface area contributed by atoms with Crippen LogP contribution in [-0.4, -0.2) is 105 Å². The van der Waals surface area contributed by atoms with Crippen molar-refractivity contribution in [3.8, 4) is 28.4 Å². The SMILES string of the molecule is CN1CCC(Nc2ccc(S(=O)(=O)NC(=O)c3ccc(N4CCN(Cc5cc(OCCO)ccc5-c5ccc(Cl)cc5)CC4)cc3Oc3cccc4[nH]ccc34)cc2[N+](=O)[O-])CC1. The Hall–Kier alpha value is -6.17. The topological polar surface area (TPSA) is 183 Å². The number of nitro benzene ring substituents is 1. The highest BCUT2D eigenvalue weighted by molar-refractivity contribution is 7.90. The molecule has 1 amide bonds. The van der Waals surface area contributed by atoms with Crippen molar-refractivity contribution in [2.24, 2.45) is 0 Å². The Morgan fingerprint density at radius 3 is 2.44 bits per heavy atom. The third-order valence-electron chi connectivity index (χ3n) is 11.5. The van der Waals surface area contributed by atoms with Crippen LogP contribution in [0.25, 0.3) is 22.0 Å². The second-order valence-corrected chi connectivity index (χ2v) is 17.9. The van der Waals surface area contributed by atoms with Gasteiger partial charge in [0, 0.05) is 78.7 Å². The lowest BCUT2D eigenvalue weighted by Crippen LogP contribution is -2.46. The number of nitrogens with zero attached hydrogens (tertiary/aromatic N) is 4. The normalized spacial score (nSPS) is 15.3. The largest absolute Gasteiger partial charge is 0.491 e. The van der Waals surface area contributed by atoms with Crippen molar-refractivity contribution in [1.29, 1.82) is 0 Å². The highest BCUT2D eigenvalue weighted by Crippen LogP contribution is 2.36. The number of benzene rings is 5. The van der Waals surface area contributed by atoms with Gasteiger partial charge in [-0.2, -0.15) is 0 Å². The van der Waals surface area contributed by atoms with E-state index in [2.05, 4.69) is 29.7 Å². The summed E-state index contributed by atoms with van der Waals surface area (Å²) in [5.41, 5.74) is 4.50. The molecular formula is C46H48ClN7O8S. The maximum atomic E-state index is 14.0. The van der Waals surface area contributed by atoms with Crippen LogP contribution in [0.3, 0.4) is 0 Å². The quantitative estimate of drug-likeness (QED) is 0.0589. The van der Waals surface area contributed by atoms with E-state index in [1.165, 1.54) is 18.2 Å². The van der Waals surface area contributed by atoms with Gasteiger partial charge < -0.3 is 34.7 Å². The maximum absolute atomic E-state index is 14.0. The van der Waals surface area contributed by atoms with Gasteiger partial charge in [-0.3, -0.25) is 19.8 Å². The number of aliphatic hydroxyl groups is 1. The van der Waals surface area contributed by atoms with Crippen molar-refractivity contribution in [3.05, 3.63) is 136 Å². The van der Waals surface area contributed by atoms with E-state index in [1.54, 1.807) is 24.4 Å². The molecular weight excluding hydrogens is 846 g/mol. The van der Waals surface area contributed by atoms with E-state index in [4.69, 9.17) is 21.1 Å². The number of likely N-dealkylation sites (tertiary alicyclic amines) is 1. The molecule has 0 atom stereocenters. The number of piperidine rings is 1. The van der Waals surface area contributed by atoms with E-state index in [-0.39, 0.29) is 36.3 Å². The van der Waals surface area contributed by atoms with E-state index in [1.807, 2.05) is 67.7 Å². The molecule has 2 fully saturated rings. The van der Waals surface area contributed by atoms with Crippen LogP contribution in [-0.2, 0) is 16.6 Å². The van der Waals surface area contributed by atoms with Crippen molar-refractivity contribution in [3.63, 3.8) is 0 Å². The maximum Gasteiger partial charge on any atom is 0.293 e. The molecule has 63 heavy (non-hydrogen) atoms. The molecule has 15 nitrogen and oxygen atoms in total. The van der Waals surface area contributed by atoms with E-state index in [0.29, 0.717) is 49.2 Å². The first kappa shape index (κ1) is 43.5. The summed E-state index contributed by atoms with van der Waals surface area (Å²) in [6.45, 7) is 5.12. The summed E-state index contributed by atoms with van der Waals surface area (Å²) in [6.07, 6.45) is 3.34. The molecule has 8 rings (SSSR count). The van der Waals surface area contributed by atoms with E-state index in [0.717, 1.165) is 65.3 Å². The number of aromatic amines is 1. The molecule has 17 heteroatoms. The lowest BCUT2D eigenvalue weighted by atomic mass is 9.98. The van der Waals surface area contributed by atoms with Gasteiger partial charge in [0.25, 0.3) is 21.6 Å². The summed E-state index contributed by atoms with van der Waals surface area (Å²) >= 11 is 6.20. The van der Waals surface area contributed by atoms with Gasteiger partial charge in [0.1, 0.15) is 29.5 Å². The number of halogens is 1. The lowest BCUT2D eigenvalue weighted by Gasteiger charge is -2.36. The predicted molar refractivity (Wildman–Crippen MR) is 244 cm³/mol. The first-order valence-corrected chi connectivity index (χ1v) is 22.6. The monoisotopic (exact) mass is 893 g/mol. The summed E-state index contributed by atoms with van der Waals surface area (Å²) in [5, 5.41) is 26.1. The number of anilines is 2. The molecule has 328 valence electrons. The zero-order chi connectivity index (χ0) is 44.1. The molecule has 0 saturated carbocycles. The first-order valence-electron chi connectivity index (χ1n) is 20.7. The number of hydrogen-bond donors (Lipinski definition) is 4. The Morgan fingerprint density at radius 1 is 0.921 bits per heavy atom. The standard InChI is InChI=1S/C46H48ClN7O8S/c1-51-19-16-34(17-20-51)49-42-14-11-37(29-43(42)54(57)58)63(59,60)50-46(56)40-12-9-35(28-45(40)62-44-4-2-3-41-39(44)15-18-48-41)53-23-21-52(22-24-53)30-32-27-36(61-26-25-55)10-13-38(32)31-5-7-33(47)8-6-31/h2-15,18,27-29,34,48-49,55H,16-17,19-26,30H2,1H3,(H,50,56). The average molecular weight is 894 g/mol. The number of carbonyl (C=O) groups excluding carboxylic acids is 1. The minimum Gasteiger partial charge on any atom is -0.491 e. The van der Waals surface area contributed by atoms with E-state index >= 15 is 0 Å². The van der Waals surface area contributed by atoms with Crippen LogP contribution in [0.2, 0.25) is 5.02 Å². The Balaban J connectivity index is 1.02. The first-order chi connectivity index (χ1) is 30.4. The fourth-order valence-electron chi connectivity index (χ4n) is 8.07. The van der Waals surface area contributed by atoms with Crippen LogP contribution in [0.5, 0.6) is 17.2 Å². The van der Waals surface area contributed by atoms with E-state index in [9.17, 15) is 28.4 Å². The second kappa shape index (κ2) is 19.1. The number of amides is 1. The molecule has 3 heterocycles. The third-order valence-corrected chi connectivity index (χ3v) is 13.1. The highest BCUT2D eigenvalue weighted by Gasteiger charge is 2.28. The number of rotatable bonds is 15. The number of carbonyl (C=O) groups is 1. The summed E-state index contributed by atoms with van der Waals surface area (Å²) in [4.78, 5) is 35.0. The summed E-state index contributed by atoms with van der Waals surface area (Å²) in [6, 6.07) is 29.6. The number of aliphatic hydroxyl groups excluding tert-OH is 1. The fraction of sp³-hybridized carbons (Fsp3) is 0.283. The van der Waals surface area contributed by atoms with Crippen molar-refractivity contribution in [2.75, 3.05) is 69.7 Å². The Morgan fingerprint density at radius 2 is 1.70 bits per heavy atom. The van der Waals surface area contributed by atoms with Gasteiger partial charge in [-0.1, -0.05) is 35.9 Å².